The van der Waals surface area contributed by atoms with E-state index in [4.69, 9.17) is 10.5 Å². The SMILES string of the molecule is CC.CC.Cc1ccnc(O[C@@H](C)CN)c1.[HH]. The van der Waals surface area contributed by atoms with E-state index in [1.54, 1.807) is 6.20 Å². The molecule has 0 aliphatic rings. The van der Waals surface area contributed by atoms with Crippen molar-refractivity contribution in [2.45, 2.75) is 47.6 Å². The summed E-state index contributed by atoms with van der Waals surface area (Å²) in [7, 11) is 0. The number of nitrogens with zero attached hydrogens (tertiary/aromatic N) is 1. The Morgan fingerprint density at radius 2 is 1.94 bits per heavy atom. The predicted molar refractivity (Wildman–Crippen MR) is 72.9 cm³/mol. The molecule has 1 rings (SSSR count). The van der Waals surface area contributed by atoms with Gasteiger partial charge in [0, 0.05) is 20.2 Å². The summed E-state index contributed by atoms with van der Waals surface area (Å²) in [5, 5.41) is 0. The molecule has 0 aliphatic heterocycles. The van der Waals surface area contributed by atoms with E-state index in [-0.39, 0.29) is 7.53 Å². The maximum Gasteiger partial charge on any atom is 0.213 e. The molecule has 0 amide bonds. The van der Waals surface area contributed by atoms with Crippen LogP contribution in [-0.2, 0) is 0 Å². The van der Waals surface area contributed by atoms with Crippen LogP contribution in [-0.4, -0.2) is 17.6 Å². The number of aromatic nitrogens is 1. The summed E-state index contributed by atoms with van der Waals surface area (Å²) in [6, 6.07) is 3.83. The number of rotatable bonds is 3. The van der Waals surface area contributed by atoms with E-state index in [1.807, 2.05) is 53.7 Å². The minimum atomic E-state index is 0. The van der Waals surface area contributed by atoms with Crippen molar-refractivity contribution in [1.29, 1.82) is 0 Å². The lowest BCUT2D eigenvalue weighted by Crippen LogP contribution is -2.23. The van der Waals surface area contributed by atoms with Crippen molar-refractivity contribution in [1.82, 2.24) is 4.98 Å². The Balaban J connectivity index is -0.000000355. The van der Waals surface area contributed by atoms with Crippen molar-refractivity contribution in [3.63, 3.8) is 0 Å². The van der Waals surface area contributed by atoms with E-state index in [0.29, 0.717) is 12.4 Å². The summed E-state index contributed by atoms with van der Waals surface area (Å²) >= 11 is 0. The van der Waals surface area contributed by atoms with Gasteiger partial charge in [0.15, 0.2) is 0 Å². The summed E-state index contributed by atoms with van der Waals surface area (Å²) in [5.41, 5.74) is 6.55. The monoisotopic (exact) mass is 228 g/mol. The van der Waals surface area contributed by atoms with Crippen LogP contribution in [0.1, 0.15) is 41.6 Å². The number of aryl methyl sites for hydroxylation is 1. The van der Waals surface area contributed by atoms with Gasteiger partial charge in [0.2, 0.25) is 5.88 Å². The van der Waals surface area contributed by atoms with E-state index >= 15 is 0 Å². The third-order valence-electron chi connectivity index (χ3n) is 1.54. The van der Waals surface area contributed by atoms with Crippen LogP contribution in [0.2, 0.25) is 0 Å². The van der Waals surface area contributed by atoms with Crippen molar-refractivity contribution in [3.8, 4) is 5.88 Å². The molecule has 0 spiro atoms. The molecule has 1 atom stereocenters. The number of hydrogen-bond acceptors (Lipinski definition) is 3. The summed E-state index contributed by atoms with van der Waals surface area (Å²) in [6.07, 6.45) is 1.76. The number of pyridine rings is 1. The molecule has 0 fully saturated rings. The smallest absolute Gasteiger partial charge is 0.213 e. The zero-order valence-electron chi connectivity index (χ0n) is 11.4. The first kappa shape index (κ1) is 17.3. The lowest BCUT2D eigenvalue weighted by atomic mass is 10.3. The van der Waals surface area contributed by atoms with Crippen LogP contribution in [0.5, 0.6) is 5.88 Å². The molecule has 2 N–H and O–H groups in total. The molecule has 1 heterocycles. The lowest BCUT2D eigenvalue weighted by molar-refractivity contribution is 0.220. The summed E-state index contributed by atoms with van der Waals surface area (Å²) < 4.78 is 5.41. The first-order valence-corrected chi connectivity index (χ1v) is 6.01. The Morgan fingerprint density at radius 3 is 2.38 bits per heavy atom. The van der Waals surface area contributed by atoms with Gasteiger partial charge >= 0.3 is 0 Å². The molecule has 3 nitrogen and oxygen atoms in total. The van der Waals surface area contributed by atoms with Crippen LogP contribution in [0.15, 0.2) is 18.3 Å². The summed E-state index contributed by atoms with van der Waals surface area (Å²) in [6.45, 7) is 12.4. The Labute approximate surface area is 102 Å². The minimum Gasteiger partial charge on any atom is -0.473 e. The summed E-state index contributed by atoms with van der Waals surface area (Å²) in [5.74, 6) is 0.646. The molecule has 0 aliphatic carbocycles. The molecule has 96 valence electrons. The number of hydrogen-bond donors (Lipinski definition) is 1. The lowest BCUT2D eigenvalue weighted by Gasteiger charge is -2.10. The van der Waals surface area contributed by atoms with Gasteiger partial charge in [-0.2, -0.15) is 0 Å². The van der Waals surface area contributed by atoms with E-state index in [1.165, 1.54) is 0 Å². The molecule has 3 heteroatoms. The zero-order valence-corrected chi connectivity index (χ0v) is 11.4. The highest BCUT2D eigenvalue weighted by Crippen LogP contribution is 2.09. The predicted octanol–water partition coefficient (Wildman–Crippen LogP) is 3.41. The quantitative estimate of drug-likeness (QED) is 0.862. The van der Waals surface area contributed by atoms with Gasteiger partial charge < -0.3 is 10.5 Å². The molecule has 0 saturated carbocycles. The van der Waals surface area contributed by atoms with Crippen LogP contribution in [0.4, 0.5) is 0 Å². The molecule has 16 heavy (non-hydrogen) atoms. The van der Waals surface area contributed by atoms with Gasteiger partial charge in [0.1, 0.15) is 6.10 Å². The van der Waals surface area contributed by atoms with Gasteiger partial charge in [-0.05, 0) is 25.5 Å². The van der Waals surface area contributed by atoms with E-state index in [0.717, 1.165) is 5.56 Å². The Bertz CT molecular complexity index is 257. The van der Waals surface area contributed by atoms with Gasteiger partial charge in [-0.3, -0.25) is 0 Å². The molecule has 1 aromatic rings. The normalized spacial score (nSPS) is 10.2. The second-order valence-electron chi connectivity index (χ2n) is 2.84. The molecular weight excluding hydrogens is 200 g/mol. The van der Waals surface area contributed by atoms with Crippen LogP contribution >= 0.6 is 0 Å². The fourth-order valence-corrected chi connectivity index (χ4v) is 0.827. The van der Waals surface area contributed by atoms with E-state index in [2.05, 4.69) is 4.98 Å². The van der Waals surface area contributed by atoms with Gasteiger partial charge in [0.25, 0.3) is 0 Å². The molecule has 0 aromatic carbocycles. The van der Waals surface area contributed by atoms with Crippen LogP contribution in [0.3, 0.4) is 0 Å². The zero-order chi connectivity index (χ0) is 13.0. The first-order chi connectivity index (χ1) is 7.72. The molecule has 1 aromatic heterocycles. The first-order valence-electron chi connectivity index (χ1n) is 6.01. The van der Waals surface area contributed by atoms with Crippen molar-refractivity contribution >= 4 is 0 Å². The second-order valence-corrected chi connectivity index (χ2v) is 2.84. The van der Waals surface area contributed by atoms with Crippen LogP contribution in [0.25, 0.3) is 0 Å². The van der Waals surface area contributed by atoms with Gasteiger partial charge in [0.05, 0.1) is 0 Å². The molecule has 0 saturated heterocycles. The molecule has 0 unspecified atom stereocenters. The standard InChI is InChI=1S/C9H14N2O.2C2H6.H2/c1-7-3-4-11-9(5-7)12-8(2)6-10;2*1-2;/h3-5,8H,6,10H2,1-2H3;2*1-2H3;1H/t8-;;;/m0.../s1. The minimum absolute atomic E-state index is 0. The van der Waals surface area contributed by atoms with Gasteiger partial charge in [-0.1, -0.05) is 27.7 Å². The molecule has 0 radical (unpaired) electrons. The third kappa shape index (κ3) is 8.24. The number of ether oxygens (including phenoxy) is 1. The number of nitrogens with two attached hydrogens (primary N) is 1. The van der Waals surface area contributed by atoms with Gasteiger partial charge in [-0.15, -0.1) is 0 Å². The topological polar surface area (TPSA) is 48.1 Å². The summed E-state index contributed by atoms with van der Waals surface area (Å²) in [4.78, 5) is 4.05. The van der Waals surface area contributed by atoms with Crippen molar-refractivity contribution in [2.24, 2.45) is 5.73 Å². The highest BCUT2D eigenvalue weighted by Gasteiger charge is 2.01. The highest BCUT2D eigenvalue weighted by molar-refractivity contribution is 5.18. The van der Waals surface area contributed by atoms with Crippen LogP contribution in [0, 0.1) is 6.92 Å². The second kappa shape index (κ2) is 12.0. The Hall–Kier alpha value is -1.09. The van der Waals surface area contributed by atoms with E-state index in [9.17, 15) is 0 Å². The van der Waals surface area contributed by atoms with E-state index < -0.39 is 0 Å². The maximum absolute atomic E-state index is 5.41. The largest absolute Gasteiger partial charge is 0.473 e. The van der Waals surface area contributed by atoms with Crippen molar-refractivity contribution in [3.05, 3.63) is 23.9 Å². The van der Waals surface area contributed by atoms with Crippen molar-refractivity contribution in [2.75, 3.05) is 6.54 Å². The Kier molecular flexibility index (Phi) is 13.0. The average molecular weight is 228 g/mol. The molecular formula is C13H28N2O. The van der Waals surface area contributed by atoms with Gasteiger partial charge in [-0.25, -0.2) is 4.98 Å². The highest BCUT2D eigenvalue weighted by atomic mass is 16.5. The van der Waals surface area contributed by atoms with Crippen molar-refractivity contribution < 1.29 is 6.16 Å². The fourth-order valence-electron chi connectivity index (χ4n) is 0.827. The fraction of sp³-hybridized carbons (Fsp3) is 0.615. The Morgan fingerprint density at radius 1 is 1.38 bits per heavy atom. The van der Waals surface area contributed by atoms with Crippen LogP contribution < -0.4 is 10.5 Å². The maximum atomic E-state index is 5.41. The average Bonchev–Trinajstić information content (AvgIpc) is 2.34. The molecule has 0 bridgehead atoms. The third-order valence-corrected chi connectivity index (χ3v) is 1.54.